The number of nitrogens with zero attached hydrogens (tertiary/aromatic N) is 4. The van der Waals surface area contributed by atoms with E-state index in [-0.39, 0.29) is 11.8 Å². The van der Waals surface area contributed by atoms with E-state index < -0.39 is 0 Å². The number of benzene rings is 1. The first-order chi connectivity index (χ1) is 14.8. The highest BCUT2D eigenvalue weighted by molar-refractivity contribution is 5.78. The molecule has 4 rings (SSSR count). The smallest absolute Gasteiger partial charge is 0.225 e. The van der Waals surface area contributed by atoms with E-state index in [4.69, 9.17) is 0 Å². The molecule has 0 atom stereocenters. The second-order valence-corrected chi connectivity index (χ2v) is 8.59. The monoisotopic (exact) mass is 407 g/mol. The van der Waals surface area contributed by atoms with Crippen molar-refractivity contribution in [2.75, 3.05) is 37.6 Å². The molecule has 0 radical (unpaired) electrons. The van der Waals surface area contributed by atoms with Gasteiger partial charge in [0, 0.05) is 44.5 Å². The Kier molecular flexibility index (Phi) is 7.29. The van der Waals surface area contributed by atoms with Gasteiger partial charge < -0.3 is 10.2 Å². The van der Waals surface area contributed by atoms with Crippen LogP contribution in [0, 0.1) is 11.8 Å². The molecule has 1 aromatic carbocycles. The summed E-state index contributed by atoms with van der Waals surface area (Å²) in [4.78, 5) is 25.9. The van der Waals surface area contributed by atoms with Crippen molar-refractivity contribution in [3.63, 3.8) is 0 Å². The topological polar surface area (TPSA) is 61.4 Å². The third-order valence-electron chi connectivity index (χ3n) is 6.51. The van der Waals surface area contributed by atoms with Gasteiger partial charge >= 0.3 is 0 Å². The lowest BCUT2D eigenvalue weighted by Crippen LogP contribution is -2.41. The maximum Gasteiger partial charge on any atom is 0.225 e. The van der Waals surface area contributed by atoms with Crippen LogP contribution < -0.4 is 10.2 Å². The molecule has 2 aliphatic heterocycles. The van der Waals surface area contributed by atoms with Gasteiger partial charge in [0.05, 0.1) is 0 Å². The molecular formula is C24H33N5O. The van der Waals surface area contributed by atoms with E-state index >= 15 is 0 Å². The van der Waals surface area contributed by atoms with Crippen molar-refractivity contribution >= 4 is 11.9 Å². The summed E-state index contributed by atoms with van der Waals surface area (Å²) in [5.41, 5.74) is 1.40. The van der Waals surface area contributed by atoms with Crippen LogP contribution in [0.5, 0.6) is 0 Å². The maximum absolute atomic E-state index is 12.6. The molecule has 1 amide bonds. The fraction of sp³-hybridized carbons (Fsp3) is 0.542. The standard InChI is InChI=1S/C24H33N5O/c30-23(22-10-17-29(18-11-22)24-26-12-4-13-27-24)25-14-7-20-8-15-28(16-9-20)19-21-5-2-1-3-6-21/h1-6,12-13,20,22H,7-11,14-19H2,(H,25,30). The fourth-order valence-electron chi connectivity index (χ4n) is 4.61. The molecule has 6 nitrogen and oxygen atoms in total. The Labute approximate surface area is 179 Å². The fourth-order valence-corrected chi connectivity index (χ4v) is 4.61. The Bertz CT molecular complexity index is 769. The summed E-state index contributed by atoms with van der Waals surface area (Å²) >= 11 is 0. The van der Waals surface area contributed by atoms with Crippen molar-refractivity contribution < 1.29 is 4.79 Å². The summed E-state index contributed by atoms with van der Waals surface area (Å²) in [5.74, 6) is 1.85. The average Bonchev–Trinajstić information content (AvgIpc) is 2.81. The summed E-state index contributed by atoms with van der Waals surface area (Å²) in [6, 6.07) is 12.5. The predicted molar refractivity (Wildman–Crippen MR) is 119 cm³/mol. The van der Waals surface area contributed by atoms with Crippen LogP contribution in [0.1, 0.15) is 37.7 Å². The highest BCUT2D eigenvalue weighted by Crippen LogP contribution is 2.23. The summed E-state index contributed by atoms with van der Waals surface area (Å²) in [6.07, 6.45) is 8.86. The van der Waals surface area contributed by atoms with Crippen molar-refractivity contribution in [2.45, 2.75) is 38.6 Å². The molecule has 1 N–H and O–H groups in total. The molecule has 2 aromatic rings. The number of anilines is 1. The van der Waals surface area contributed by atoms with Crippen LogP contribution in [0.25, 0.3) is 0 Å². The van der Waals surface area contributed by atoms with Gasteiger partial charge in [0.1, 0.15) is 0 Å². The van der Waals surface area contributed by atoms with Crippen molar-refractivity contribution in [1.82, 2.24) is 20.2 Å². The van der Waals surface area contributed by atoms with Crippen molar-refractivity contribution in [1.29, 1.82) is 0 Å². The molecule has 2 aliphatic rings. The molecule has 0 aliphatic carbocycles. The van der Waals surface area contributed by atoms with E-state index in [9.17, 15) is 4.79 Å². The lowest BCUT2D eigenvalue weighted by atomic mass is 9.92. The Hall–Kier alpha value is -2.47. The van der Waals surface area contributed by atoms with Crippen LogP contribution in [0.2, 0.25) is 0 Å². The second kappa shape index (κ2) is 10.5. The Balaban J connectivity index is 1.11. The lowest BCUT2D eigenvalue weighted by molar-refractivity contribution is -0.125. The van der Waals surface area contributed by atoms with Crippen LogP contribution in [0.3, 0.4) is 0 Å². The number of hydrogen-bond acceptors (Lipinski definition) is 5. The molecule has 1 aromatic heterocycles. The third kappa shape index (κ3) is 5.79. The number of rotatable bonds is 7. The molecular weight excluding hydrogens is 374 g/mol. The second-order valence-electron chi connectivity index (χ2n) is 8.59. The quantitative estimate of drug-likeness (QED) is 0.764. The Morgan fingerprint density at radius 3 is 2.33 bits per heavy atom. The van der Waals surface area contributed by atoms with Gasteiger partial charge in [-0.05, 0) is 62.7 Å². The number of carbonyl (C=O) groups is 1. The molecule has 2 saturated heterocycles. The van der Waals surface area contributed by atoms with Gasteiger partial charge in [-0.15, -0.1) is 0 Å². The molecule has 2 fully saturated rings. The first-order valence-electron chi connectivity index (χ1n) is 11.3. The Morgan fingerprint density at radius 2 is 1.63 bits per heavy atom. The third-order valence-corrected chi connectivity index (χ3v) is 6.51. The van der Waals surface area contributed by atoms with E-state index in [2.05, 4.69) is 55.4 Å². The molecule has 6 heteroatoms. The number of amides is 1. The average molecular weight is 408 g/mol. The van der Waals surface area contributed by atoms with Crippen LogP contribution in [-0.4, -0.2) is 53.5 Å². The number of piperidine rings is 2. The highest BCUT2D eigenvalue weighted by atomic mass is 16.1. The highest BCUT2D eigenvalue weighted by Gasteiger charge is 2.26. The number of carbonyl (C=O) groups excluding carboxylic acids is 1. The minimum atomic E-state index is 0.123. The van der Waals surface area contributed by atoms with E-state index in [1.165, 1.54) is 18.4 Å². The van der Waals surface area contributed by atoms with Gasteiger partial charge in [-0.2, -0.15) is 0 Å². The number of likely N-dealkylation sites (tertiary alicyclic amines) is 1. The zero-order valence-corrected chi connectivity index (χ0v) is 17.7. The minimum absolute atomic E-state index is 0.123. The van der Waals surface area contributed by atoms with Crippen molar-refractivity contribution in [3.8, 4) is 0 Å². The summed E-state index contributed by atoms with van der Waals surface area (Å²) in [5, 5.41) is 3.20. The number of hydrogen-bond donors (Lipinski definition) is 1. The van der Waals surface area contributed by atoms with E-state index in [1.54, 1.807) is 12.4 Å². The predicted octanol–water partition coefficient (Wildman–Crippen LogP) is 3.11. The zero-order chi connectivity index (χ0) is 20.6. The van der Waals surface area contributed by atoms with E-state index in [1.807, 2.05) is 6.07 Å². The van der Waals surface area contributed by atoms with Gasteiger partial charge in [0.15, 0.2) is 0 Å². The lowest BCUT2D eigenvalue weighted by Gasteiger charge is -2.32. The van der Waals surface area contributed by atoms with Gasteiger partial charge in [-0.1, -0.05) is 30.3 Å². The van der Waals surface area contributed by atoms with Crippen LogP contribution in [-0.2, 0) is 11.3 Å². The van der Waals surface area contributed by atoms with Gasteiger partial charge in [-0.25, -0.2) is 9.97 Å². The first-order valence-corrected chi connectivity index (χ1v) is 11.3. The normalized spacial score (nSPS) is 19.0. The number of aromatic nitrogens is 2. The molecule has 3 heterocycles. The summed E-state index contributed by atoms with van der Waals surface area (Å²) in [7, 11) is 0. The summed E-state index contributed by atoms with van der Waals surface area (Å²) in [6.45, 7) is 5.88. The van der Waals surface area contributed by atoms with Gasteiger partial charge in [0.2, 0.25) is 11.9 Å². The van der Waals surface area contributed by atoms with E-state index in [0.717, 1.165) is 70.4 Å². The molecule has 0 bridgehead atoms. The minimum Gasteiger partial charge on any atom is -0.356 e. The van der Waals surface area contributed by atoms with Crippen molar-refractivity contribution in [2.24, 2.45) is 11.8 Å². The van der Waals surface area contributed by atoms with Crippen LogP contribution in [0.15, 0.2) is 48.8 Å². The molecule has 0 spiro atoms. The molecule has 30 heavy (non-hydrogen) atoms. The van der Waals surface area contributed by atoms with Gasteiger partial charge in [-0.3, -0.25) is 9.69 Å². The largest absolute Gasteiger partial charge is 0.356 e. The SMILES string of the molecule is O=C(NCCC1CCN(Cc2ccccc2)CC1)C1CCN(c2ncccn2)CC1. The van der Waals surface area contributed by atoms with Crippen molar-refractivity contribution in [3.05, 3.63) is 54.4 Å². The zero-order valence-electron chi connectivity index (χ0n) is 17.7. The molecule has 160 valence electrons. The Morgan fingerprint density at radius 1 is 0.933 bits per heavy atom. The van der Waals surface area contributed by atoms with Crippen LogP contribution >= 0.6 is 0 Å². The van der Waals surface area contributed by atoms with Crippen LogP contribution in [0.4, 0.5) is 5.95 Å². The van der Waals surface area contributed by atoms with E-state index in [0.29, 0.717) is 0 Å². The molecule has 0 unspecified atom stereocenters. The summed E-state index contributed by atoms with van der Waals surface area (Å²) < 4.78 is 0. The molecule has 0 saturated carbocycles. The first kappa shape index (κ1) is 20.8. The number of nitrogens with one attached hydrogen (secondary N) is 1. The van der Waals surface area contributed by atoms with Gasteiger partial charge in [0.25, 0.3) is 0 Å². The maximum atomic E-state index is 12.6.